The van der Waals surface area contributed by atoms with E-state index in [9.17, 15) is 9.59 Å². The van der Waals surface area contributed by atoms with Gasteiger partial charge in [0.15, 0.2) is 0 Å². The summed E-state index contributed by atoms with van der Waals surface area (Å²) in [6.45, 7) is 0.126. The second kappa shape index (κ2) is 5.16. The van der Waals surface area contributed by atoms with Gasteiger partial charge in [0.2, 0.25) is 5.91 Å². The fourth-order valence-electron chi connectivity index (χ4n) is 1.37. The molecule has 0 spiro atoms. The summed E-state index contributed by atoms with van der Waals surface area (Å²) in [4.78, 5) is 23.7. The predicted molar refractivity (Wildman–Crippen MR) is 60.7 cm³/mol. The number of hydrogen-bond donors (Lipinski definition) is 2. The summed E-state index contributed by atoms with van der Waals surface area (Å²) in [6.07, 6.45) is 0. The van der Waals surface area contributed by atoms with Gasteiger partial charge >= 0.3 is 5.97 Å². The molecule has 1 amide bonds. The van der Waals surface area contributed by atoms with Crippen LogP contribution in [0.5, 0.6) is 0 Å². The maximum absolute atomic E-state index is 11.2. The van der Waals surface area contributed by atoms with E-state index in [1.54, 1.807) is 37.2 Å². The topological polar surface area (TPSA) is 69.6 Å². The molecule has 0 saturated carbocycles. The zero-order chi connectivity index (χ0) is 12.1. The van der Waals surface area contributed by atoms with E-state index >= 15 is 0 Å². The lowest BCUT2D eigenvalue weighted by Gasteiger charge is -2.19. The molecule has 0 bridgehead atoms. The molecule has 1 rings (SSSR count). The van der Waals surface area contributed by atoms with Gasteiger partial charge in [-0.05, 0) is 12.1 Å². The molecule has 2 N–H and O–H groups in total. The van der Waals surface area contributed by atoms with Crippen molar-refractivity contribution in [1.29, 1.82) is 0 Å². The van der Waals surface area contributed by atoms with E-state index in [4.69, 9.17) is 5.11 Å². The lowest BCUT2D eigenvalue weighted by atomic mass is 10.1. The van der Waals surface area contributed by atoms with Crippen molar-refractivity contribution in [1.82, 2.24) is 5.32 Å². The zero-order valence-corrected chi connectivity index (χ0v) is 9.23. The Balaban J connectivity index is 2.94. The number of anilines is 1. The number of likely N-dealkylation sites (N-methyl/N-ethyl adjacent to an activating group) is 2. The Kier molecular flexibility index (Phi) is 3.88. The summed E-state index contributed by atoms with van der Waals surface area (Å²) in [6, 6.07) is 6.58. The van der Waals surface area contributed by atoms with Gasteiger partial charge < -0.3 is 15.3 Å². The summed E-state index contributed by atoms with van der Waals surface area (Å²) in [5.41, 5.74) is 0.715. The third-order valence-electron chi connectivity index (χ3n) is 2.21. The summed E-state index contributed by atoms with van der Waals surface area (Å²) in [7, 11) is 3.22. The Morgan fingerprint density at radius 3 is 2.56 bits per heavy atom. The summed E-state index contributed by atoms with van der Waals surface area (Å²) < 4.78 is 0. The first kappa shape index (κ1) is 12.0. The number of amides is 1. The maximum atomic E-state index is 11.2. The van der Waals surface area contributed by atoms with E-state index < -0.39 is 5.97 Å². The van der Waals surface area contributed by atoms with Crippen LogP contribution in [0.1, 0.15) is 10.4 Å². The van der Waals surface area contributed by atoms with Crippen molar-refractivity contribution in [3.05, 3.63) is 29.8 Å². The fourth-order valence-corrected chi connectivity index (χ4v) is 1.37. The molecule has 5 heteroatoms. The monoisotopic (exact) mass is 222 g/mol. The van der Waals surface area contributed by atoms with Crippen LogP contribution in [-0.4, -0.2) is 37.6 Å². The molecular formula is C11H14N2O3. The Bertz CT molecular complexity index is 404. The molecule has 0 aliphatic heterocycles. The predicted octanol–water partition coefficient (Wildman–Crippen LogP) is 0.567. The van der Waals surface area contributed by atoms with Crippen molar-refractivity contribution in [2.45, 2.75) is 0 Å². The van der Waals surface area contributed by atoms with Gasteiger partial charge in [0.05, 0.1) is 17.8 Å². The number of aromatic carboxylic acids is 1. The second-order valence-corrected chi connectivity index (χ2v) is 3.35. The number of rotatable bonds is 4. The van der Waals surface area contributed by atoms with Gasteiger partial charge in [-0.25, -0.2) is 4.79 Å². The first-order valence-electron chi connectivity index (χ1n) is 4.80. The van der Waals surface area contributed by atoms with Crippen LogP contribution in [0.15, 0.2) is 24.3 Å². The van der Waals surface area contributed by atoms with Crippen LogP contribution in [0.2, 0.25) is 0 Å². The van der Waals surface area contributed by atoms with Crippen molar-refractivity contribution in [3.8, 4) is 0 Å². The lowest BCUT2D eigenvalue weighted by Crippen LogP contribution is -2.33. The molecule has 16 heavy (non-hydrogen) atoms. The van der Waals surface area contributed by atoms with Crippen molar-refractivity contribution >= 4 is 17.6 Å². The standard InChI is InChI=1S/C11H14N2O3/c1-12-10(14)7-13(2)9-6-4-3-5-8(9)11(15)16/h3-6H,7H2,1-2H3,(H,12,14)(H,15,16). The van der Waals surface area contributed by atoms with Crippen molar-refractivity contribution < 1.29 is 14.7 Å². The molecule has 0 aliphatic rings. The Hall–Kier alpha value is -2.04. The van der Waals surface area contributed by atoms with E-state index in [0.29, 0.717) is 5.69 Å². The highest BCUT2D eigenvalue weighted by Crippen LogP contribution is 2.18. The molecule has 1 aromatic rings. The van der Waals surface area contributed by atoms with Crippen LogP contribution in [0.3, 0.4) is 0 Å². The number of carbonyl (C=O) groups excluding carboxylic acids is 1. The smallest absolute Gasteiger partial charge is 0.337 e. The Morgan fingerprint density at radius 2 is 2.00 bits per heavy atom. The van der Waals surface area contributed by atoms with E-state index in [2.05, 4.69) is 5.32 Å². The highest BCUT2D eigenvalue weighted by molar-refractivity contribution is 5.95. The molecule has 0 heterocycles. The number of hydrogen-bond acceptors (Lipinski definition) is 3. The SMILES string of the molecule is CNC(=O)CN(C)c1ccccc1C(=O)O. The second-order valence-electron chi connectivity index (χ2n) is 3.35. The normalized spacial score (nSPS) is 9.62. The van der Waals surface area contributed by atoms with Crippen LogP contribution in [-0.2, 0) is 4.79 Å². The quantitative estimate of drug-likeness (QED) is 0.781. The van der Waals surface area contributed by atoms with Crippen molar-refractivity contribution in [2.75, 3.05) is 25.5 Å². The van der Waals surface area contributed by atoms with Gasteiger partial charge in [-0.3, -0.25) is 4.79 Å². The van der Waals surface area contributed by atoms with Crippen LogP contribution < -0.4 is 10.2 Å². The van der Waals surface area contributed by atoms with Gasteiger partial charge in [-0.2, -0.15) is 0 Å². The highest BCUT2D eigenvalue weighted by atomic mass is 16.4. The number of nitrogens with zero attached hydrogens (tertiary/aromatic N) is 1. The van der Waals surface area contributed by atoms with Gasteiger partial charge in [-0.1, -0.05) is 12.1 Å². The van der Waals surface area contributed by atoms with Crippen LogP contribution in [0, 0.1) is 0 Å². The van der Waals surface area contributed by atoms with Crippen molar-refractivity contribution in [3.63, 3.8) is 0 Å². The third-order valence-corrected chi connectivity index (χ3v) is 2.21. The number of carboxylic acid groups (broad SMARTS) is 1. The first-order chi connectivity index (χ1) is 7.56. The third kappa shape index (κ3) is 2.73. The highest BCUT2D eigenvalue weighted by Gasteiger charge is 2.13. The summed E-state index contributed by atoms with van der Waals surface area (Å²) in [5.74, 6) is -1.16. The summed E-state index contributed by atoms with van der Waals surface area (Å²) >= 11 is 0. The van der Waals surface area contributed by atoms with Crippen LogP contribution in [0.25, 0.3) is 0 Å². The van der Waals surface area contributed by atoms with Crippen LogP contribution >= 0.6 is 0 Å². The molecule has 5 nitrogen and oxygen atoms in total. The van der Waals surface area contributed by atoms with Crippen LogP contribution in [0.4, 0.5) is 5.69 Å². The van der Waals surface area contributed by atoms with E-state index in [1.165, 1.54) is 6.07 Å². The van der Waals surface area contributed by atoms with Gasteiger partial charge in [0.1, 0.15) is 0 Å². The molecule has 0 unspecified atom stereocenters. The van der Waals surface area contributed by atoms with E-state index in [-0.39, 0.29) is 18.0 Å². The first-order valence-corrected chi connectivity index (χ1v) is 4.80. The van der Waals surface area contributed by atoms with Gasteiger partial charge in [0.25, 0.3) is 0 Å². The largest absolute Gasteiger partial charge is 0.478 e. The Morgan fingerprint density at radius 1 is 1.38 bits per heavy atom. The van der Waals surface area contributed by atoms with Gasteiger partial charge in [0, 0.05) is 14.1 Å². The van der Waals surface area contributed by atoms with Crippen molar-refractivity contribution in [2.24, 2.45) is 0 Å². The fraction of sp³-hybridized carbons (Fsp3) is 0.273. The minimum absolute atomic E-state index is 0.126. The molecule has 0 aliphatic carbocycles. The number of para-hydroxylation sites is 1. The van der Waals surface area contributed by atoms with E-state index in [0.717, 1.165) is 0 Å². The maximum Gasteiger partial charge on any atom is 0.337 e. The zero-order valence-electron chi connectivity index (χ0n) is 9.23. The van der Waals surface area contributed by atoms with E-state index in [1.807, 2.05) is 0 Å². The molecular weight excluding hydrogens is 208 g/mol. The molecule has 1 aromatic carbocycles. The Labute approximate surface area is 93.7 Å². The molecule has 0 atom stereocenters. The minimum atomic E-state index is -1.00. The number of carbonyl (C=O) groups is 2. The number of nitrogens with one attached hydrogen (secondary N) is 1. The average Bonchev–Trinajstić information content (AvgIpc) is 2.28. The summed E-state index contributed by atoms with van der Waals surface area (Å²) in [5, 5.41) is 11.5. The number of benzene rings is 1. The minimum Gasteiger partial charge on any atom is -0.478 e. The molecule has 0 radical (unpaired) electrons. The number of carboxylic acids is 1. The average molecular weight is 222 g/mol. The molecule has 0 fully saturated rings. The molecule has 0 aromatic heterocycles. The van der Waals surface area contributed by atoms with Gasteiger partial charge in [-0.15, -0.1) is 0 Å². The lowest BCUT2D eigenvalue weighted by molar-refractivity contribution is -0.119. The molecule has 0 saturated heterocycles. The molecule has 86 valence electrons.